The average molecular weight is 343 g/mol. The summed E-state index contributed by atoms with van der Waals surface area (Å²) >= 11 is 0. The van der Waals surface area contributed by atoms with Crippen LogP contribution in [-0.2, 0) is 9.47 Å². The summed E-state index contributed by atoms with van der Waals surface area (Å²) in [6.07, 6.45) is 3.78. The van der Waals surface area contributed by atoms with Crippen molar-refractivity contribution in [1.29, 1.82) is 0 Å². The van der Waals surface area contributed by atoms with Crippen LogP contribution in [0, 0.1) is 0 Å². The molecule has 0 atom stereocenters. The van der Waals surface area contributed by atoms with Crippen molar-refractivity contribution < 1.29 is 19.1 Å². The molecule has 0 spiro atoms. The number of ether oxygens (including phenoxy) is 2. The van der Waals surface area contributed by atoms with Crippen LogP contribution in [0.15, 0.2) is 12.2 Å². The van der Waals surface area contributed by atoms with E-state index in [-0.39, 0.29) is 0 Å². The highest BCUT2D eigenvalue weighted by Crippen LogP contribution is 2.06. The Hall–Kier alpha value is -1.76. The highest BCUT2D eigenvalue weighted by molar-refractivity contribution is 5.68. The van der Waals surface area contributed by atoms with E-state index in [4.69, 9.17) is 9.47 Å². The van der Waals surface area contributed by atoms with E-state index < -0.39 is 23.4 Å². The van der Waals surface area contributed by atoms with Crippen molar-refractivity contribution in [2.45, 2.75) is 59.2 Å². The van der Waals surface area contributed by atoms with Crippen molar-refractivity contribution in [2.24, 2.45) is 0 Å². The molecule has 0 heterocycles. The smallest absolute Gasteiger partial charge is 0.407 e. The summed E-state index contributed by atoms with van der Waals surface area (Å²) in [5.74, 6) is 0. The zero-order valence-corrected chi connectivity index (χ0v) is 15.8. The lowest BCUT2D eigenvalue weighted by Crippen LogP contribution is -2.34. The molecular formula is C17H33N3O4. The molecule has 3 N–H and O–H groups in total. The van der Waals surface area contributed by atoms with Crippen LogP contribution in [0.2, 0.25) is 0 Å². The zero-order valence-electron chi connectivity index (χ0n) is 15.8. The Kier molecular flexibility index (Phi) is 10.1. The van der Waals surface area contributed by atoms with Gasteiger partial charge in [-0.1, -0.05) is 12.2 Å². The van der Waals surface area contributed by atoms with Gasteiger partial charge in [0.25, 0.3) is 0 Å². The molecule has 140 valence electrons. The molecule has 0 aromatic rings. The molecule has 0 saturated carbocycles. The Morgan fingerprint density at radius 1 is 0.792 bits per heavy atom. The van der Waals surface area contributed by atoms with Crippen LogP contribution in [-0.4, -0.2) is 49.6 Å². The van der Waals surface area contributed by atoms with Crippen LogP contribution in [0.1, 0.15) is 48.0 Å². The standard InChI is InChI=1S/C17H33N3O4/c1-16(2,3)23-14(21)19-12-8-7-10-18-11-9-13-20-15(22)24-17(4,5)6/h7-8,18H,9-13H2,1-6H3,(H,19,21)(H,20,22)/b8-7+. The molecule has 0 unspecified atom stereocenters. The molecule has 0 aromatic heterocycles. The number of hydrogen-bond donors (Lipinski definition) is 3. The molecular weight excluding hydrogens is 310 g/mol. The summed E-state index contributed by atoms with van der Waals surface area (Å²) in [5, 5.41) is 8.56. The van der Waals surface area contributed by atoms with Crippen LogP contribution in [0.25, 0.3) is 0 Å². The van der Waals surface area contributed by atoms with Gasteiger partial charge in [0, 0.05) is 19.6 Å². The molecule has 0 aliphatic carbocycles. The quantitative estimate of drug-likeness (QED) is 0.466. The third kappa shape index (κ3) is 16.6. The number of rotatable bonds is 8. The second kappa shape index (κ2) is 10.9. The highest BCUT2D eigenvalue weighted by atomic mass is 16.6. The molecule has 0 aliphatic rings. The first-order valence-electron chi connectivity index (χ1n) is 8.29. The maximum atomic E-state index is 11.4. The van der Waals surface area contributed by atoms with Gasteiger partial charge < -0.3 is 25.4 Å². The minimum absolute atomic E-state index is 0.393. The van der Waals surface area contributed by atoms with E-state index >= 15 is 0 Å². The summed E-state index contributed by atoms with van der Waals surface area (Å²) in [6.45, 7) is 13.4. The summed E-state index contributed by atoms with van der Waals surface area (Å²) in [6, 6.07) is 0. The van der Waals surface area contributed by atoms with Crippen LogP contribution in [0.5, 0.6) is 0 Å². The maximum Gasteiger partial charge on any atom is 0.407 e. The van der Waals surface area contributed by atoms with E-state index in [1.165, 1.54) is 0 Å². The lowest BCUT2D eigenvalue weighted by molar-refractivity contribution is 0.0518. The summed E-state index contributed by atoms with van der Waals surface area (Å²) in [7, 11) is 0. The SMILES string of the molecule is CC(C)(C)OC(=O)NC/C=C/CNCCCNC(=O)OC(C)(C)C. The Morgan fingerprint density at radius 2 is 1.29 bits per heavy atom. The van der Waals surface area contributed by atoms with E-state index in [2.05, 4.69) is 16.0 Å². The number of hydrogen-bond acceptors (Lipinski definition) is 5. The normalized spacial score (nSPS) is 12.1. The van der Waals surface area contributed by atoms with Gasteiger partial charge in [-0.15, -0.1) is 0 Å². The minimum Gasteiger partial charge on any atom is -0.444 e. The van der Waals surface area contributed by atoms with Crippen LogP contribution >= 0.6 is 0 Å². The van der Waals surface area contributed by atoms with Crippen LogP contribution < -0.4 is 16.0 Å². The monoisotopic (exact) mass is 343 g/mol. The summed E-state index contributed by atoms with van der Waals surface area (Å²) in [4.78, 5) is 22.8. The van der Waals surface area contributed by atoms with Crippen LogP contribution in [0.4, 0.5) is 9.59 Å². The van der Waals surface area contributed by atoms with E-state index in [1.54, 1.807) is 0 Å². The predicted molar refractivity (Wildman–Crippen MR) is 95.1 cm³/mol. The van der Waals surface area contributed by atoms with Crippen molar-refractivity contribution in [3.05, 3.63) is 12.2 Å². The first kappa shape index (κ1) is 22.2. The fourth-order valence-electron chi connectivity index (χ4n) is 1.53. The first-order chi connectivity index (χ1) is 11.0. The topological polar surface area (TPSA) is 88.7 Å². The third-order valence-corrected chi connectivity index (χ3v) is 2.39. The van der Waals surface area contributed by atoms with Gasteiger partial charge >= 0.3 is 12.2 Å². The Bertz CT molecular complexity index is 409. The van der Waals surface area contributed by atoms with Crippen molar-refractivity contribution in [1.82, 2.24) is 16.0 Å². The van der Waals surface area contributed by atoms with Gasteiger partial charge in [-0.05, 0) is 54.5 Å². The van der Waals surface area contributed by atoms with Gasteiger partial charge in [0.2, 0.25) is 0 Å². The molecule has 24 heavy (non-hydrogen) atoms. The maximum absolute atomic E-state index is 11.4. The van der Waals surface area contributed by atoms with E-state index in [0.717, 1.165) is 13.0 Å². The van der Waals surface area contributed by atoms with Gasteiger partial charge in [-0.3, -0.25) is 0 Å². The molecule has 0 fully saturated rings. The number of nitrogens with one attached hydrogen (secondary N) is 3. The minimum atomic E-state index is -0.483. The molecule has 0 aliphatic heterocycles. The van der Waals surface area contributed by atoms with Crippen molar-refractivity contribution in [3.8, 4) is 0 Å². The van der Waals surface area contributed by atoms with E-state index in [9.17, 15) is 9.59 Å². The van der Waals surface area contributed by atoms with Crippen molar-refractivity contribution in [2.75, 3.05) is 26.2 Å². The molecule has 0 bridgehead atoms. The second-order valence-corrected chi connectivity index (χ2v) is 7.34. The number of carbonyl (C=O) groups is 2. The van der Waals surface area contributed by atoms with Gasteiger partial charge in [0.1, 0.15) is 11.2 Å². The predicted octanol–water partition coefficient (Wildman–Crippen LogP) is 2.57. The van der Waals surface area contributed by atoms with Crippen LogP contribution in [0.3, 0.4) is 0 Å². The molecule has 0 rings (SSSR count). The average Bonchev–Trinajstić information content (AvgIpc) is 2.36. The molecule has 7 heteroatoms. The first-order valence-corrected chi connectivity index (χ1v) is 8.29. The Balaban J connectivity index is 3.51. The number of carbonyl (C=O) groups excluding carboxylic acids is 2. The highest BCUT2D eigenvalue weighted by Gasteiger charge is 2.15. The van der Waals surface area contributed by atoms with Gasteiger partial charge in [0.15, 0.2) is 0 Å². The van der Waals surface area contributed by atoms with E-state index in [1.807, 2.05) is 53.7 Å². The number of amides is 2. The summed E-state index contributed by atoms with van der Waals surface area (Å²) in [5.41, 5.74) is -0.955. The Labute approximate surface area is 145 Å². The Morgan fingerprint density at radius 3 is 1.83 bits per heavy atom. The molecule has 0 saturated heterocycles. The van der Waals surface area contributed by atoms with Crippen molar-refractivity contribution in [3.63, 3.8) is 0 Å². The lowest BCUT2D eigenvalue weighted by atomic mass is 10.2. The van der Waals surface area contributed by atoms with E-state index in [0.29, 0.717) is 19.6 Å². The second-order valence-electron chi connectivity index (χ2n) is 7.34. The zero-order chi connectivity index (χ0) is 18.6. The lowest BCUT2D eigenvalue weighted by Gasteiger charge is -2.19. The third-order valence-electron chi connectivity index (χ3n) is 2.39. The van der Waals surface area contributed by atoms with Gasteiger partial charge in [0.05, 0.1) is 0 Å². The number of alkyl carbamates (subject to hydrolysis) is 2. The molecule has 0 aromatic carbocycles. The molecule has 2 amide bonds. The fourth-order valence-corrected chi connectivity index (χ4v) is 1.53. The largest absolute Gasteiger partial charge is 0.444 e. The van der Waals surface area contributed by atoms with Crippen molar-refractivity contribution >= 4 is 12.2 Å². The van der Waals surface area contributed by atoms with Gasteiger partial charge in [-0.2, -0.15) is 0 Å². The molecule has 0 radical (unpaired) electrons. The van der Waals surface area contributed by atoms with Gasteiger partial charge in [-0.25, -0.2) is 9.59 Å². The summed E-state index contributed by atoms with van der Waals surface area (Å²) < 4.78 is 10.2. The fraction of sp³-hybridized carbons (Fsp3) is 0.765. The molecule has 7 nitrogen and oxygen atoms in total.